The Morgan fingerprint density at radius 2 is 2.27 bits per heavy atom. The lowest BCUT2D eigenvalue weighted by atomic mass is 10.2. The van der Waals surface area contributed by atoms with Gasteiger partial charge in [0.1, 0.15) is 6.21 Å². The zero-order chi connectivity index (χ0) is 10.8. The third-order valence-corrected chi connectivity index (χ3v) is 1.99. The second kappa shape index (κ2) is 3.45. The molecule has 0 saturated carbocycles. The van der Waals surface area contributed by atoms with Gasteiger partial charge in [0.25, 0.3) is 0 Å². The monoisotopic (exact) mass is 204 g/mol. The lowest BCUT2D eigenvalue weighted by Crippen LogP contribution is -2.03. The molecule has 2 aromatic rings. The molecule has 0 bridgehead atoms. The highest BCUT2D eigenvalue weighted by atomic mass is 16.4. The standard InChI is InChI=1S/C10H8N2O3/c11-8-3-1-2-7-9(13)4-6(5-12-14)15-10(7)8/h1-5,14H,11H2. The van der Waals surface area contributed by atoms with Crippen LogP contribution in [0.1, 0.15) is 5.76 Å². The van der Waals surface area contributed by atoms with Crippen molar-refractivity contribution in [2.24, 2.45) is 5.16 Å². The van der Waals surface area contributed by atoms with Crippen molar-refractivity contribution in [1.82, 2.24) is 0 Å². The predicted octanol–water partition coefficient (Wildman–Crippen LogP) is 1.18. The number of nitrogens with zero attached hydrogens (tertiary/aromatic N) is 1. The molecule has 1 aromatic heterocycles. The summed E-state index contributed by atoms with van der Waals surface area (Å²) < 4.78 is 5.28. The van der Waals surface area contributed by atoms with Crippen molar-refractivity contribution in [2.75, 3.05) is 5.73 Å². The number of nitrogens with two attached hydrogens (primary N) is 1. The minimum absolute atomic E-state index is 0.160. The molecule has 5 nitrogen and oxygen atoms in total. The van der Waals surface area contributed by atoms with Crippen LogP contribution in [0.25, 0.3) is 11.0 Å². The van der Waals surface area contributed by atoms with Crippen LogP contribution in [0, 0.1) is 0 Å². The van der Waals surface area contributed by atoms with E-state index in [-0.39, 0.29) is 11.2 Å². The van der Waals surface area contributed by atoms with Gasteiger partial charge in [0.2, 0.25) is 0 Å². The van der Waals surface area contributed by atoms with Gasteiger partial charge in [-0.1, -0.05) is 11.2 Å². The number of hydrogen-bond acceptors (Lipinski definition) is 5. The molecule has 0 fully saturated rings. The number of oxime groups is 1. The number of fused-ring (bicyclic) bond motifs is 1. The van der Waals surface area contributed by atoms with E-state index in [1.54, 1.807) is 18.2 Å². The number of para-hydroxylation sites is 1. The van der Waals surface area contributed by atoms with Crippen molar-refractivity contribution >= 4 is 22.9 Å². The first-order valence-electron chi connectivity index (χ1n) is 4.22. The number of anilines is 1. The van der Waals surface area contributed by atoms with Crippen LogP contribution in [0.3, 0.4) is 0 Å². The fourth-order valence-electron chi connectivity index (χ4n) is 1.34. The summed E-state index contributed by atoms with van der Waals surface area (Å²) in [5.74, 6) is 0.160. The van der Waals surface area contributed by atoms with Gasteiger partial charge >= 0.3 is 0 Å². The molecule has 0 amide bonds. The van der Waals surface area contributed by atoms with Crippen molar-refractivity contribution in [3.63, 3.8) is 0 Å². The molecule has 15 heavy (non-hydrogen) atoms. The molecule has 1 heterocycles. The summed E-state index contributed by atoms with van der Waals surface area (Å²) in [4.78, 5) is 11.6. The van der Waals surface area contributed by atoms with Gasteiger partial charge in [0.15, 0.2) is 16.8 Å². The molecule has 0 spiro atoms. The maximum Gasteiger partial charge on any atom is 0.193 e. The highest BCUT2D eigenvalue weighted by Crippen LogP contribution is 2.18. The molecule has 0 radical (unpaired) electrons. The Labute approximate surface area is 84.4 Å². The molecule has 0 aliphatic rings. The highest BCUT2D eigenvalue weighted by Gasteiger charge is 2.05. The van der Waals surface area contributed by atoms with Crippen LogP contribution < -0.4 is 11.2 Å². The summed E-state index contributed by atoms with van der Waals surface area (Å²) in [6.07, 6.45) is 1.04. The highest BCUT2D eigenvalue weighted by molar-refractivity contribution is 5.89. The van der Waals surface area contributed by atoms with E-state index in [2.05, 4.69) is 5.16 Å². The Balaban J connectivity index is 2.86. The molecule has 2 rings (SSSR count). The van der Waals surface area contributed by atoms with Crippen LogP contribution in [0.2, 0.25) is 0 Å². The minimum atomic E-state index is -0.224. The normalized spacial score (nSPS) is 11.2. The quantitative estimate of drug-likeness (QED) is 0.316. The molecule has 3 N–H and O–H groups in total. The van der Waals surface area contributed by atoms with Crippen LogP contribution >= 0.6 is 0 Å². The average molecular weight is 204 g/mol. The summed E-state index contributed by atoms with van der Waals surface area (Å²) in [6.45, 7) is 0. The minimum Gasteiger partial charge on any atom is -0.453 e. The van der Waals surface area contributed by atoms with Gasteiger partial charge in [-0.25, -0.2) is 0 Å². The summed E-state index contributed by atoms with van der Waals surface area (Å²) in [5.41, 5.74) is 6.11. The van der Waals surface area contributed by atoms with Gasteiger partial charge in [-0.2, -0.15) is 0 Å². The Kier molecular flexibility index (Phi) is 2.13. The van der Waals surface area contributed by atoms with E-state index in [4.69, 9.17) is 15.4 Å². The zero-order valence-corrected chi connectivity index (χ0v) is 7.68. The predicted molar refractivity (Wildman–Crippen MR) is 56.3 cm³/mol. The third-order valence-electron chi connectivity index (χ3n) is 1.99. The van der Waals surface area contributed by atoms with Crippen LogP contribution in [0.4, 0.5) is 5.69 Å². The summed E-state index contributed by atoms with van der Waals surface area (Å²) in [7, 11) is 0. The molecule has 0 atom stereocenters. The Morgan fingerprint density at radius 1 is 1.47 bits per heavy atom. The van der Waals surface area contributed by atoms with Crippen molar-refractivity contribution in [2.45, 2.75) is 0 Å². The molecule has 0 unspecified atom stereocenters. The Morgan fingerprint density at radius 3 is 3.00 bits per heavy atom. The van der Waals surface area contributed by atoms with Gasteiger partial charge in [0, 0.05) is 6.07 Å². The number of hydrogen-bond donors (Lipinski definition) is 2. The Bertz CT molecular complexity index is 587. The van der Waals surface area contributed by atoms with Crippen LogP contribution in [-0.4, -0.2) is 11.4 Å². The second-order valence-corrected chi connectivity index (χ2v) is 2.98. The lowest BCUT2D eigenvalue weighted by Gasteiger charge is -2.00. The lowest BCUT2D eigenvalue weighted by molar-refractivity contribution is 0.321. The van der Waals surface area contributed by atoms with Crippen LogP contribution in [0.5, 0.6) is 0 Å². The van der Waals surface area contributed by atoms with E-state index in [0.717, 1.165) is 6.21 Å². The van der Waals surface area contributed by atoms with Crippen molar-refractivity contribution in [1.29, 1.82) is 0 Å². The van der Waals surface area contributed by atoms with Crippen LogP contribution in [0.15, 0.2) is 38.6 Å². The summed E-state index contributed by atoms with van der Waals surface area (Å²) >= 11 is 0. The van der Waals surface area contributed by atoms with Crippen molar-refractivity contribution in [3.05, 3.63) is 40.2 Å². The largest absolute Gasteiger partial charge is 0.453 e. The smallest absolute Gasteiger partial charge is 0.193 e. The van der Waals surface area contributed by atoms with Gasteiger partial charge in [0.05, 0.1) is 11.1 Å². The van der Waals surface area contributed by atoms with E-state index in [1.807, 2.05) is 0 Å². The van der Waals surface area contributed by atoms with Crippen LogP contribution in [-0.2, 0) is 0 Å². The van der Waals surface area contributed by atoms with E-state index in [9.17, 15) is 4.79 Å². The fourth-order valence-corrected chi connectivity index (χ4v) is 1.34. The van der Waals surface area contributed by atoms with E-state index in [0.29, 0.717) is 16.7 Å². The molecular weight excluding hydrogens is 196 g/mol. The first-order chi connectivity index (χ1) is 7.22. The first-order valence-corrected chi connectivity index (χ1v) is 4.22. The maximum atomic E-state index is 11.6. The molecule has 0 aliphatic heterocycles. The van der Waals surface area contributed by atoms with Crippen molar-refractivity contribution in [3.8, 4) is 0 Å². The molecule has 5 heteroatoms. The SMILES string of the molecule is Nc1cccc2c(=O)cc(C=NO)oc12. The van der Waals surface area contributed by atoms with Gasteiger partial charge in [-0.05, 0) is 12.1 Å². The average Bonchev–Trinajstić information content (AvgIpc) is 2.20. The molecule has 0 aliphatic carbocycles. The molecule has 1 aromatic carbocycles. The zero-order valence-electron chi connectivity index (χ0n) is 7.68. The van der Waals surface area contributed by atoms with Gasteiger partial charge in [-0.15, -0.1) is 0 Å². The topological polar surface area (TPSA) is 88.8 Å². The maximum absolute atomic E-state index is 11.6. The van der Waals surface area contributed by atoms with E-state index < -0.39 is 0 Å². The molecular formula is C10H8N2O3. The van der Waals surface area contributed by atoms with Crippen molar-refractivity contribution < 1.29 is 9.62 Å². The number of nitrogen functional groups attached to an aromatic ring is 1. The fraction of sp³-hybridized carbons (Fsp3) is 0. The summed E-state index contributed by atoms with van der Waals surface area (Å²) in [6, 6.07) is 6.17. The first kappa shape index (κ1) is 9.26. The second-order valence-electron chi connectivity index (χ2n) is 2.98. The van der Waals surface area contributed by atoms with E-state index in [1.165, 1.54) is 6.07 Å². The molecule has 76 valence electrons. The molecule has 0 saturated heterocycles. The van der Waals surface area contributed by atoms with Gasteiger partial charge < -0.3 is 15.4 Å². The van der Waals surface area contributed by atoms with Gasteiger partial charge in [-0.3, -0.25) is 4.79 Å². The third kappa shape index (κ3) is 1.54. The Hall–Kier alpha value is -2.30. The summed E-state index contributed by atoms with van der Waals surface area (Å²) in [5, 5.41) is 11.5. The number of benzene rings is 1. The van der Waals surface area contributed by atoms with E-state index >= 15 is 0 Å². The number of rotatable bonds is 1.